The third-order valence-corrected chi connectivity index (χ3v) is 8.85. The number of nitriles is 1. The van der Waals surface area contributed by atoms with Gasteiger partial charge in [0.25, 0.3) is 5.91 Å². The number of rotatable bonds is 6. The van der Waals surface area contributed by atoms with Crippen LogP contribution in [0.3, 0.4) is 0 Å². The number of nitrogens with one attached hydrogen (secondary N) is 2. The Morgan fingerprint density at radius 1 is 1.11 bits per heavy atom. The van der Waals surface area contributed by atoms with Crippen LogP contribution in [0, 0.1) is 40.4 Å². The lowest BCUT2D eigenvalue weighted by Crippen LogP contribution is -2.58. The summed E-state index contributed by atoms with van der Waals surface area (Å²) < 4.78 is 0. The van der Waals surface area contributed by atoms with E-state index >= 15 is 0 Å². The Morgan fingerprint density at radius 3 is 2.44 bits per heavy atom. The number of hydrogen-bond donors (Lipinski definition) is 3. The third-order valence-electron chi connectivity index (χ3n) is 8.85. The normalized spacial score (nSPS) is 30.4. The van der Waals surface area contributed by atoms with E-state index in [0.717, 1.165) is 31.2 Å². The van der Waals surface area contributed by atoms with Crippen LogP contribution in [0.5, 0.6) is 0 Å². The highest BCUT2D eigenvalue weighted by Crippen LogP contribution is 2.55. The second kappa shape index (κ2) is 10.8. The molecule has 0 heterocycles. The van der Waals surface area contributed by atoms with Crippen LogP contribution in [0.25, 0.3) is 0 Å². The van der Waals surface area contributed by atoms with Gasteiger partial charge in [-0.1, -0.05) is 51.1 Å². The maximum absolute atomic E-state index is 13.0. The standard InChI is InChI=1S/C30H37N3O3/c1-19(28(35)32-18-22-7-5-4-6-8-22)24-13-15-30(3)16-14-25(20(2)26(30)27(24)34)33-29(36)23-11-9-21(17-31)10-12-23/h4-12,19-20,24-27,34H,13-16,18H2,1-3H3,(H,32,35)(H,33,36)/t19-,20+,24?,25-,26+,27-,30-/m0/s1. The third kappa shape index (κ3) is 5.32. The molecule has 2 fully saturated rings. The van der Waals surface area contributed by atoms with Crippen LogP contribution in [0.2, 0.25) is 0 Å². The van der Waals surface area contributed by atoms with Crippen LogP contribution in [-0.4, -0.2) is 29.1 Å². The van der Waals surface area contributed by atoms with E-state index in [0.29, 0.717) is 17.7 Å². The van der Waals surface area contributed by atoms with Gasteiger partial charge in [-0.25, -0.2) is 0 Å². The number of carbonyl (C=O) groups is 2. The molecular weight excluding hydrogens is 450 g/mol. The van der Waals surface area contributed by atoms with Crippen molar-refractivity contribution in [2.45, 2.75) is 65.1 Å². The zero-order valence-corrected chi connectivity index (χ0v) is 21.4. The van der Waals surface area contributed by atoms with Crippen LogP contribution >= 0.6 is 0 Å². The van der Waals surface area contributed by atoms with Crippen molar-refractivity contribution >= 4 is 11.8 Å². The van der Waals surface area contributed by atoms with Crippen molar-refractivity contribution in [2.24, 2.45) is 29.1 Å². The van der Waals surface area contributed by atoms with Crippen LogP contribution < -0.4 is 10.6 Å². The molecule has 6 nitrogen and oxygen atoms in total. The average molecular weight is 488 g/mol. The van der Waals surface area contributed by atoms with Crippen molar-refractivity contribution in [2.75, 3.05) is 0 Å². The van der Waals surface area contributed by atoms with Gasteiger partial charge in [0.1, 0.15) is 0 Å². The first kappa shape index (κ1) is 25.9. The summed E-state index contributed by atoms with van der Waals surface area (Å²) in [6, 6.07) is 18.5. The van der Waals surface area contributed by atoms with E-state index in [2.05, 4.69) is 30.6 Å². The van der Waals surface area contributed by atoms with Crippen molar-refractivity contribution in [3.8, 4) is 6.07 Å². The van der Waals surface area contributed by atoms with Gasteiger partial charge in [-0.3, -0.25) is 9.59 Å². The summed E-state index contributed by atoms with van der Waals surface area (Å²) in [7, 11) is 0. The van der Waals surface area contributed by atoms with Crippen LogP contribution in [0.4, 0.5) is 0 Å². The number of amides is 2. The molecule has 190 valence electrons. The minimum Gasteiger partial charge on any atom is -0.392 e. The van der Waals surface area contributed by atoms with Gasteiger partial charge in [-0.2, -0.15) is 5.26 Å². The fourth-order valence-corrected chi connectivity index (χ4v) is 6.59. The highest BCUT2D eigenvalue weighted by molar-refractivity contribution is 5.94. The lowest BCUT2D eigenvalue weighted by Gasteiger charge is -2.56. The van der Waals surface area contributed by atoms with Gasteiger partial charge in [0.2, 0.25) is 5.91 Å². The van der Waals surface area contributed by atoms with Gasteiger partial charge >= 0.3 is 0 Å². The van der Waals surface area contributed by atoms with Gasteiger partial charge < -0.3 is 15.7 Å². The maximum atomic E-state index is 13.0. The fraction of sp³-hybridized carbons (Fsp3) is 0.500. The molecule has 3 N–H and O–H groups in total. The largest absolute Gasteiger partial charge is 0.392 e. The molecular formula is C30H37N3O3. The number of fused-ring (bicyclic) bond motifs is 1. The van der Waals surface area contributed by atoms with E-state index < -0.39 is 6.10 Å². The van der Waals surface area contributed by atoms with Crippen molar-refractivity contribution in [1.82, 2.24) is 10.6 Å². The summed E-state index contributed by atoms with van der Waals surface area (Å²) in [5.74, 6) is -0.524. The van der Waals surface area contributed by atoms with Gasteiger partial charge in [0, 0.05) is 24.1 Å². The summed E-state index contributed by atoms with van der Waals surface area (Å²) in [5.41, 5.74) is 2.09. The molecule has 7 atom stereocenters. The summed E-state index contributed by atoms with van der Waals surface area (Å²) in [6.07, 6.45) is 2.98. The molecule has 0 saturated heterocycles. The van der Waals surface area contributed by atoms with Crippen molar-refractivity contribution < 1.29 is 14.7 Å². The molecule has 0 radical (unpaired) electrons. The van der Waals surface area contributed by atoms with Gasteiger partial charge in [-0.05, 0) is 78.7 Å². The monoisotopic (exact) mass is 487 g/mol. The Bertz CT molecular complexity index is 1110. The van der Waals surface area contributed by atoms with Crippen LogP contribution in [0.15, 0.2) is 54.6 Å². The summed E-state index contributed by atoms with van der Waals surface area (Å²) >= 11 is 0. The molecule has 2 aromatic carbocycles. The first-order valence-electron chi connectivity index (χ1n) is 13.0. The highest BCUT2D eigenvalue weighted by Gasteiger charge is 2.53. The van der Waals surface area contributed by atoms with E-state index in [9.17, 15) is 14.7 Å². The first-order valence-corrected chi connectivity index (χ1v) is 13.0. The van der Waals surface area contributed by atoms with Gasteiger partial charge in [0.15, 0.2) is 0 Å². The Balaban J connectivity index is 1.42. The molecule has 36 heavy (non-hydrogen) atoms. The minimum atomic E-state index is -0.606. The van der Waals surface area contributed by atoms with Gasteiger partial charge in [0.05, 0.1) is 17.7 Å². The molecule has 0 aromatic heterocycles. The predicted octanol–water partition coefficient (Wildman–Crippen LogP) is 4.43. The molecule has 0 bridgehead atoms. The lowest BCUT2D eigenvalue weighted by molar-refractivity contribution is -0.142. The van der Waals surface area contributed by atoms with Gasteiger partial charge in [-0.15, -0.1) is 0 Å². The van der Waals surface area contributed by atoms with E-state index in [1.807, 2.05) is 37.3 Å². The van der Waals surface area contributed by atoms with Crippen molar-refractivity contribution in [3.63, 3.8) is 0 Å². The molecule has 2 aliphatic rings. The zero-order chi connectivity index (χ0) is 25.9. The van der Waals surface area contributed by atoms with E-state index in [1.165, 1.54) is 0 Å². The SMILES string of the molecule is C[C@H]1[C@@H]2[C@@H](O)C([C@H](C)C(=O)NCc3ccccc3)CC[C@@]2(C)CC[C@@H]1NC(=O)c1ccc(C#N)cc1. The first-order chi connectivity index (χ1) is 17.2. The summed E-state index contributed by atoms with van der Waals surface area (Å²) in [6.45, 7) is 6.78. The molecule has 6 heteroatoms. The smallest absolute Gasteiger partial charge is 0.251 e. The maximum Gasteiger partial charge on any atom is 0.251 e. The topological polar surface area (TPSA) is 102 Å². The molecule has 4 rings (SSSR count). The minimum absolute atomic E-state index is 0.000591. The van der Waals surface area contributed by atoms with E-state index in [4.69, 9.17) is 5.26 Å². The van der Waals surface area contributed by atoms with E-state index in [1.54, 1.807) is 24.3 Å². The van der Waals surface area contributed by atoms with Crippen LogP contribution in [0.1, 0.15) is 67.9 Å². The number of hydrogen-bond acceptors (Lipinski definition) is 4. The van der Waals surface area contributed by atoms with Crippen molar-refractivity contribution in [3.05, 3.63) is 71.3 Å². The second-order valence-electron chi connectivity index (χ2n) is 11.0. The van der Waals surface area contributed by atoms with E-state index in [-0.39, 0.29) is 46.9 Å². The molecule has 0 aliphatic heterocycles. The Morgan fingerprint density at radius 2 is 1.78 bits per heavy atom. The Labute approximate surface area is 214 Å². The van der Waals surface area contributed by atoms with Crippen LogP contribution in [-0.2, 0) is 11.3 Å². The number of aliphatic hydroxyl groups is 1. The number of aliphatic hydroxyl groups excluding tert-OH is 1. The predicted molar refractivity (Wildman–Crippen MR) is 139 cm³/mol. The zero-order valence-electron chi connectivity index (χ0n) is 21.4. The molecule has 0 spiro atoms. The Kier molecular flexibility index (Phi) is 7.80. The molecule has 2 aliphatic carbocycles. The number of carbonyl (C=O) groups excluding carboxylic acids is 2. The quantitative estimate of drug-likeness (QED) is 0.561. The summed E-state index contributed by atoms with van der Waals surface area (Å²) in [5, 5.41) is 26.8. The Hall–Kier alpha value is -3.17. The molecule has 1 unspecified atom stereocenters. The number of benzene rings is 2. The fourth-order valence-electron chi connectivity index (χ4n) is 6.59. The number of nitrogens with zero attached hydrogens (tertiary/aromatic N) is 1. The molecule has 2 amide bonds. The van der Waals surface area contributed by atoms with Crippen molar-refractivity contribution in [1.29, 1.82) is 5.26 Å². The molecule has 2 saturated carbocycles. The lowest BCUT2D eigenvalue weighted by atomic mass is 9.51. The summed E-state index contributed by atoms with van der Waals surface area (Å²) in [4.78, 5) is 25.9. The molecule has 2 aromatic rings. The highest BCUT2D eigenvalue weighted by atomic mass is 16.3. The second-order valence-corrected chi connectivity index (χ2v) is 11.0. The average Bonchev–Trinajstić information content (AvgIpc) is 2.89.